The van der Waals surface area contributed by atoms with Gasteiger partial charge in [0, 0.05) is 19.2 Å². The number of fused-ring (bicyclic) bond motifs is 1. The number of benzene rings is 2. The fourth-order valence-corrected chi connectivity index (χ4v) is 2.86. The molecule has 1 amide bonds. The van der Waals surface area contributed by atoms with Crippen LogP contribution < -0.4 is 15.0 Å². The van der Waals surface area contributed by atoms with Gasteiger partial charge in [0.2, 0.25) is 0 Å². The van der Waals surface area contributed by atoms with E-state index in [1.807, 2.05) is 0 Å². The molecule has 2 N–H and O–H groups in total. The van der Waals surface area contributed by atoms with E-state index in [1.165, 1.54) is 26.4 Å². The first-order chi connectivity index (χ1) is 13.0. The molecule has 1 aliphatic rings. The molecule has 0 aromatic heterocycles. The third-order valence-corrected chi connectivity index (χ3v) is 4.25. The van der Waals surface area contributed by atoms with E-state index in [0.29, 0.717) is 35.8 Å². The summed E-state index contributed by atoms with van der Waals surface area (Å²) in [5.74, 6) is -0.231. The van der Waals surface area contributed by atoms with Gasteiger partial charge in [-0.2, -0.15) is 0 Å². The molecule has 0 bridgehead atoms. The number of carbonyl (C=O) groups is 2. The van der Waals surface area contributed by atoms with E-state index in [1.54, 1.807) is 41.3 Å². The van der Waals surface area contributed by atoms with Crippen molar-refractivity contribution in [2.75, 3.05) is 37.5 Å². The van der Waals surface area contributed by atoms with Gasteiger partial charge in [0.1, 0.15) is 0 Å². The number of anilines is 2. The van der Waals surface area contributed by atoms with Crippen LogP contribution in [0.2, 0.25) is 0 Å². The Bertz CT molecular complexity index is 907. The number of hydrogen-bond donors (Lipinski definition) is 2. The number of ether oxygens (including phenoxy) is 2. The van der Waals surface area contributed by atoms with Gasteiger partial charge in [0.05, 0.1) is 31.2 Å². The number of hydrogen-bond acceptors (Lipinski definition) is 6. The maximum absolute atomic E-state index is 12.7. The molecular formula is C20H20N2O5. The van der Waals surface area contributed by atoms with Gasteiger partial charge in [-0.3, -0.25) is 4.79 Å². The highest BCUT2D eigenvalue weighted by atomic mass is 16.5. The first-order valence-electron chi connectivity index (χ1n) is 8.36. The highest BCUT2D eigenvalue weighted by Crippen LogP contribution is 2.31. The minimum Gasteiger partial charge on any atom is -0.504 e. The highest BCUT2D eigenvalue weighted by Gasteiger charge is 2.22. The molecule has 0 unspecified atom stereocenters. The number of phenolic OH excluding ortho intramolecular Hbond substituents is 1. The molecule has 0 fully saturated rings. The summed E-state index contributed by atoms with van der Waals surface area (Å²) in [5.41, 5.74) is 2.56. The third-order valence-electron chi connectivity index (χ3n) is 4.25. The second-order valence-electron chi connectivity index (χ2n) is 5.90. The second-order valence-corrected chi connectivity index (χ2v) is 5.90. The van der Waals surface area contributed by atoms with Crippen LogP contribution in [-0.2, 0) is 9.53 Å². The lowest BCUT2D eigenvalue weighted by Crippen LogP contribution is -2.38. The first kappa shape index (κ1) is 18.3. The van der Waals surface area contributed by atoms with Crippen LogP contribution >= 0.6 is 0 Å². The Morgan fingerprint density at radius 3 is 2.74 bits per heavy atom. The summed E-state index contributed by atoms with van der Waals surface area (Å²) in [4.78, 5) is 26.0. The minimum atomic E-state index is -0.427. The van der Waals surface area contributed by atoms with E-state index in [2.05, 4.69) is 5.32 Å². The van der Waals surface area contributed by atoms with Crippen LogP contribution in [0.1, 0.15) is 15.9 Å². The molecule has 0 radical (unpaired) electrons. The molecule has 2 aromatic carbocycles. The Labute approximate surface area is 156 Å². The van der Waals surface area contributed by atoms with E-state index in [-0.39, 0.29) is 11.7 Å². The van der Waals surface area contributed by atoms with Crippen LogP contribution in [0, 0.1) is 0 Å². The summed E-state index contributed by atoms with van der Waals surface area (Å²) in [6.07, 6.45) is 3.13. The van der Waals surface area contributed by atoms with Gasteiger partial charge in [-0.05, 0) is 42.0 Å². The van der Waals surface area contributed by atoms with Crippen LogP contribution in [0.25, 0.3) is 6.08 Å². The maximum Gasteiger partial charge on any atom is 0.337 e. The lowest BCUT2D eigenvalue weighted by molar-refractivity contribution is -0.114. The highest BCUT2D eigenvalue weighted by molar-refractivity contribution is 6.07. The monoisotopic (exact) mass is 368 g/mol. The summed E-state index contributed by atoms with van der Waals surface area (Å²) >= 11 is 0. The van der Waals surface area contributed by atoms with Crippen molar-refractivity contribution in [3.63, 3.8) is 0 Å². The Hall–Kier alpha value is -3.48. The van der Waals surface area contributed by atoms with Crippen LogP contribution in [0.5, 0.6) is 11.5 Å². The molecule has 0 aliphatic carbocycles. The summed E-state index contributed by atoms with van der Waals surface area (Å²) in [7, 11) is 2.79. The molecule has 1 heterocycles. The van der Waals surface area contributed by atoms with Gasteiger partial charge in [-0.1, -0.05) is 6.07 Å². The molecule has 3 rings (SSSR count). The molecular weight excluding hydrogens is 348 g/mol. The molecule has 0 spiro atoms. The quantitative estimate of drug-likeness (QED) is 0.637. The van der Waals surface area contributed by atoms with Crippen molar-refractivity contribution < 1.29 is 24.2 Å². The van der Waals surface area contributed by atoms with E-state index < -0.39 is 5.97 Å². The number of nitrogens with zero attached hydrogens (tertiary/aromatic N) is 1. The number of esters is 1. The average Bonchev–Trinajstić information content (AvgIpc) is 2.71. The lowest BCUT2D eigenvalue weighted by atomic mass is 10.1. The standard InChI is InChI=1S/C20H20N2O5/c1-26-18-11-13(3-7-17(18)23)4-8-19(24)22-10-9-21-15-12-14(20(25)27-2)5-6-16(15)22/h3-8,11-12,21,23H,9-10H2,1-2H3. The topological polar surface area (TPSA) is 88.1 Å². The SMILES string of the molecule is COC(=O)c1ccc2c(c1)NCCN2C(=O)C=Cc1ccc(O)c(OC)c1. The molecule has 140 valence electrons. The molecule has 7 nitrogen and oxygen atoms in total. The maximum atomic E-state index is 12.7. The zero-order valence-electron chi connectivity index (χ0n) is 15.1. The van der Waals surface area contributed by atoms with Crippen molar-refractivity contribution in [3.8, 4) is 11.5 Å². The lowest BCUT2D eigenvalue weighted by Gasteiger charge is -2.29. The molecule has 27 heavy (non-hydrogen) atoms. The van der Waals surface area contributed by atoms with E-state index in [4.69, 9.17) is 9.47 Å². The van der Waals surface area contributed by atoms with E-state index in [0.717, 1.165) is 5.56 Å². The molecule has 2 aromatic rings. The minimum absolute atomic E-state index is 0.0402. The van der Waals surface area contributed by atoms with Crippen LogP contribution in [-0.4, -0.2) is 44.3 Å². The van der Waals surface area contributed by atoms with Gasteiger partial charge in [-0.25, -0.2) is 4.79 Å². The van der Waals surface area contributed by atoms with Crippen molar-refractivity contribution >= 4 is 29.3 Å². The van der Waals surface area contributed by atoms with E-state index >= 15 is 0 Å². The zero-order valence-corrected chi connectivity index (χ0v) is 15.1. The molecule has 1 aliphatic heterocycles. The van der Waals surface area contributed by atoms with Crippen molar-refractivity contribution in [1.29, 1.82) is 0 Å². The number of aromatic hydroxyl groups is 1. The van der Waals surface area contributed by atoms with Gasteiger partial charge in [-0.15, -0.1) is 0 Å². The van der Waals surface area contributed by atoms with E-state index in [9.17, 15) is 14.7 Å². The first-order valence-corrected chi connectivity index (χ1v) is 8.36. The number of nitrogens with one attached hydrogen (secondary N) is 1. The Morgan fingerprint density at radius 2 is 2.00 bits per heavy atom. The Kier molecular flexibility index (Phi) is 5.30. The zero-order chi connectivity index (χ0) is 19.4. The smallest absolute Gasteiger partial charge is 0.337 e. The molecule has 0 saturated carbocycles. The molecule has 0 atom stereocenters. The van der Waals surface area contributed by atoms with Crippen LogP contribution in [0.3, 0.4) is 0 Å². The number of rotatable bonds is 4. The molecule has 7 heteroatoms. The second kappa shape index (κ2) is 7.82. The number of amides is 1. The fraction of sp³-hybridized carbons (Fsp3) is 0.200. The van der Waals surface area contributed by atoms with Crippen molar-refractivity contribution in [2.45, 2.75) is 0 Å². The predicted octanol–water partition coefficient (Wildman–Crippen LogP) is 2.66. The van der Waals surface area contributed by atoms with Gasteiger partial charge < -0.3 is 24.8 Å². The largest absolute Gasteiger partial charge is 0.504 e. The fourth-order valence-electron chi connectivity index (χ4n) is 2.86. The molecule has 0 saturated heterocycles. The summed E-state index contributed by atoms with van der Waals surface area (Å²) in [5, 5.41) is 12.8. The van der Waals surface area contributed by atoms with Gasteiger partial charge in [0.25, 0.3) is 5.91 Å². The number of carbonyl (C=O) groups excluding carboxylic acids is 2. The van der Waals surface area contributed by atoms with Crippen LogP contribution in [0.4, 0.5) is 11.4 Å². The van der Waals surface area contributed by atoms with Gasteiger partial charge in [0.15, 0.2) is 11.5 Å². The van der Waals surface area contributed by atoms with Crippen molar-refractivity contribution in [1.82, 2.24) is 0 Å². The van der Waals surface area contributed by atoms with Crippen molar-refractivity contribution in [2.24, 2.45) is 0 Å². The summed E-state index contributed by atoms with van der Waals surface area (Å²) in [6.45, 7) is 1.08. The number of methoxy groups -OCH3 is 2. The number of phenols is 1. The predicted molar refractivity (Wildman–Crippen MR) is 102 cm³/mol. The van der Waals surface area contributed by atoms with Crippen LogP contribution in [0.15, 0.2) is 42.5 Å². The Morgan fingerprint density at radius 1 is 1.19 bits per heavy atom. The normalized spacial score (nSPS) is 13.0. The summed E-state index contributed by atoms with van der Waals surface area (Å²) in [6, 6.07) is 9.88. The average molecular weight is 368 g/mol. The van der Waals surface area contributed by atoms with Gasteiger partial charge >= 0.3 is 5.97 Å². The third kappa shape index (κ3) is 3.87. The van der Waals surface area contributed by atoms with Crippen molar-refractivity contribution in [3.05, 3.63) is 53.6 Å². The Balaban J connectivity index is 1.81. The summed E-state index contributed by atoms with van der Waals surface area (Å²) < 4.78 is 9.80.